The largest absolute Gasteiger partial charge is 0.318 e. The van der Waals surface area contributed by atoms with E-state index < -0.39 is 0 Å². The molecule has 0 saturated carbocycles. The first-order valence-corrected chi connectivity index (χ1v) is 5.49. The molecule has 0 radical (unpaired) electrons. The van der Waals surface area contributed by atoms with Crippen LogP contribution in [0.25, 0.3) is 0 Å². The normalized spacial score (nSPS) is 10.4. The highest BCUT2D eigenvalue weighted by Gasteiger charge is 2.16. The van der Waals surface area contributed by atoms with Crippen LogP contribution in [0.2, 0.25) is 0 Å². The SMILES string of the molecule is Cc1nnsc1C(=O)Nc1c(C)n[nH]c1C. The lowest BCUT2D eigenvalue weighted by Crippen LogP contribution is -2.12. The van der Waals surface area contributed by atoms with Crippen LogP contribution >= 0.6 is 11.5 Å². The standard InChI is InChI=1S/C9H11N5OS/c1-4-7(5(2)12-11-4)10-9(15)8-6(3)13-14-16-8/h1-3H3,(H,10,15)(H,11,12). The van der Waals surface area contributed by atoms with Gasteiger partial charge in [0.2, 0.25) is 0 Å². The van der Waals surface area contributed by atoms with Crippen molar-refractivity contribution in [1.82, 2.24) is 19.8 Å². The van der Waals surface area contributed by atoms with E-state index in [1.165, 1.54) is 0 Å². The number of aromatic amines is 1. The number of hydrogen-bond acceptors (Lipinski definition) is 5. The number of nitrogens with one attached hydrogen (secondary N) is 2. The Bertz CT molecular complexity index is 510. The van der Waals surface area contributed by atoms with E-state index in [1.54, 1.807) is 6.92 Å². The molecule has 7 heteroatoms. The molecule has 0 aliphatic carbocycles. The van der Waals surface area contributed by atoms with Crippen molar-refractivity contribution in [1.29, 1.82) is 0 Å². The zero-order valence-corrected chi connectivity index (χ0v) is 9.97. The van der Waals surface area contributed by atoms with Gasteiger partial charge in [-0.3, -0.25) is 9.89 Å². The maximum absolute atomic E-state index is 11.9. The zero-order valence-electron chi connectivity index (χ0n) is 9.16. The molecule has 2 N–H and O–H groups in total. The molecule has 1 amide bonds. The van der Waals surface area contributed by atoms with Gasteiger partial charge in [0.15, 0.2) is 0 Å². The number of hydrogen-bond donors (Lipinski definition) is 2. The average molecular weight is 237 g/mol. The van der Waals surface area contributed by atoms with Crippen LogP contribution in [-0.4, -0.2) is 25.7 Å². The number of anilines is 1. The third-order valence-electron chi connectivity index (χ3n) is 2.22. The number of amides is 1. The van der Waals surface area contributed by atoms with Crippen LogP contribution in [0.1, 0.15) is 26.8 Å². The predicted molar refractivity (Wildman–Crippen MR) is 60.7 cm³/mol. The minimum Gasteiger partial charge on any atom is -0.318 e. The van der Waals surface area contributed by atoms with Gasteiger partial charge < -0.3 is 5.32 Å². The van der Waals surface area contributed by atoms with Crippen molar-refractivity contribution in [2.24, 2.45) is 0 Å². The van der Waals surface area contributed by atoms with Crippen LogP contribution < -0.4 is 5.32 Å². The molecule has 2 aromatic heterocycles. The average Bonchev–Trinajstić information content (AvgIpc) is 2.79. The number of aromatic nitrogens is 4. The van der Waals surface area contributed by atoms with E-state index in [0.29, 0.717) is 10.6 Å². The van der Waals surface area contributed by atoms with Gasteiger partial charge in [0.1, 0.15) is 4.88 Å². The second kappa shape index (κ2) is 4.01. The van der Waals surface area contributed by atoms with Gasteiger partial charge in [0, 0.05) is 0 Å². The first-order chi connectivity index (χ1) is 7.59. The van der Waals surface area contributed by atoms with Crippen molar-refractivity contribution >= 4 is 23.1 Å². The molecule has 16 heavy (non-hydrogen) atoms. The van der Waals surface area contributed by atoms with Gasteiger partial charge in [-0.2, -0.15) is 5.10 Å². The summed E-state index contributed by atoms with van der Waals surface area (Å²) in [7, 11) is 0. The Morgan fingerprint density at radius 2 is 2.06 bits per heavy atom. The minimum absolute atomic E-state index is 0.194. The molecule has 0 aliphatic rings. The van der Waals surface area contributed by atoms with Crippen molar-refractivity contribution in [3.05, 3.63) is 22.0 Å². The Hall–Kier alpha value is -1.76. The smallest absolute Gasteiger partial charge is 0.269 e. The van der Waals surface area contributed by atoms with E-state index in [4.69, 9.17) is 0 Å². The first kappa shape index (κ1) is 10.7. The lowest BCUT2D eigenvalue weighted by Gasteiger charge is -2.02. The van der Waals surface area contributed by atoms with Gasteiger partial charge in [0.05, 0.1) is 22.8 Å². The summed E-state index contributed by atoms with van der Waals surface area (Å²) in [6, 6.07) is 0. The van der Waals surface area contributed by atoms with Crippen molar-refractivity contribution in [2.45, 2.75) is 20.8 Å². The molecule has 84 valence electrons. The molecule has 2 aromatic rings. The van der Waals surface area contributed by atoms with E-state index in [0.717, 1.165) is 28.6 Å². The molecule has 2 heterocycles. The molecule has 0 spiro atoms. The minimum atomic E-state index is -0.194. The Labute approximate surface area is 96.2 Å². The van der Waals surface area contributed by atoms with Gasteiger partial charge in [-0.25, -0.2) is 0 Å². The monoisotopic (exact) mass is 237 g/mol. The quantitative estimate of drug-likeness (QED) is 0.827. The molecule has 2 rings (SSSR count). The van der Waals surface area contributed by atoms with Crippen molar-refractivity contribution in [2.75, 3.05) is 5.32 Å². The van der Waals surface area contributed by atoms with Crippen LogP contribution in [0, 0.1) is 20.8 Å². The van der Waals surface area contributed by atoms with Crippen LogP contribution in [0.15, 0.2) is 0 Å². The topological polar surface area (TPSA) is 83.6 Å². The van der Waals surface area contributed by atoms with Crippen LogP contribution in [-0.2, 0) is 0 Å². The second-order valence-corrected chi connectivity index (χ2v) is 4.20. The Balaban J connectivity index is 2.24. The number of nitrogens with zero attached hydrogens (tertiary/aromatic N) is 3. The molecule has 0 aliphatic heterocycles. The summed E-state index contributed by atoms with van der Waals surface area (Å²) in [4.78, 5) is 12.4. The first-order valence-electron chi connectivity index (χ1n) is 4.71. The van der Waals surface area contributed by atoms with Crippen LogP contribution in [0.3, 0.4) is 0 Å². The van der Waals surface area contributed by atoms with E-state index in [9.17, 15) is 4.79 Å². The van der Waals surface area contributed by atoms with Gasteiger partial charge in [-0.15, -0.1) is 5.10 Å². The number of H-pyrrole nitrogens is 1. The van der Waals surface area contributed by atoms with E-state index >= 15 is 0 Å². The Morgan fingerprint density at radius 3 is 2.56 bits per heavy atom. The third kappa shape index (κ3) is 1.81. The van der Waals surface area contributed by atoms with Gasteiger partial charge in [-0.1, -0.05) is 4.49 Å². The fourth-order valence-electron chi connectivity index (χ4n) is 1.35. The molecule has 6 nitrogen and oxygen atoms in total. The maximum atomic E-state index is 11.9. The highest BCUT2D eigenvalue weighted by atomic mass is 32.1. The molecular weight excluding hydrogens is 226 g/mol. The highest BCUT2D eigenvalue weighted by molar-refractivity contribution is 7.08. The summed E-state index contributed by atoms with van der Waals surface area (Å²) >= 11 is 1.09. The summed E-state index contributed by atoms with van der Waals surface area (Å²) in [6.45, 7) is 5.44. The molecular formula is C9H11N5OS. The van der Waals surface area contributed by atoms with E-state index in [-0.39, 0.29) is 5.91 Å². The fraction of sp³-hybridized carbons (Fsp3) is 0.333. The van der Waals surface area contributed by atoms with Crippen LogP contribution in [0.5, 0.6) is 0 Å². The van der Waals surface area contributed by atoms with Gasteiger partial charge >= 0.3 is 0 Å². The van der Waals surface area contributed by atoms with Crippen LogP contribution in [0.4, 0.5) is 5.69 Å². The predicted octanol–water partition coefficient (Wildman–Crippen LogP) is 1.44. The highest BCUT2D eigenvalue weighted by Crippen LogP contribution is 2.18. The molecule has 0 unspecified atom stereocenters. The molecule has 0 saturated heterocycles. The van der Waals surface area contributed by atoms with E-state index in [1.807, 2.05) is 13.8 Å². The zero-order chi connectivity index (χ0) is 11.7. The molecule has 0 aromatic carbocycles. The van der Waals surface area contributed by atoms with Crippen molar-refractivity contribution < 1.29 is 4.79 Å². The fourth-order valence-corrected chi connectivity index (χ4v) is 1.90. The molecule has 0 atom stereocenters. The van der Waals surface area contributed by atoms with Gasteiger partial charge in [0.25, 0.3) is 5.91 Å². The summed E-state index contributed by atoms with van der Waals surface area (Å²) in [5.41, 5.74) is 2.96. The second-order valence-electron chi connectivity index (χ2n) is 3.45. The summed E-state index contributed by atoms with van der Waals surface area (Å²) < 4.78 is 3.72. The van der Waals surface area contributed by atoms with Gasteiger partial charge in [-0.05, 0) is 32.3 Å². The number of carbonyl (C=O) groups excluding carboxylic acids is 1. The molecule has 0 fully saturated rings. The number of carbonyl (C=O) groups is 1. The Morgan fingerprint density at radius 1 is 1.31 bits per heavy atom. The summed E-state index contributed by atoms with van der Waals surface area (Å²) in [5, 5.41) is 13.4. The molecule has 0 bridgehead atoms. The summed E-state index contributed by atoms with van der Waals surface area (Å²) in [6.07, 6.45) is 0. The lowest BCUT2D eigenvalue weighted by atomic mass is 10.3. The van der Waals surface area contributed by atoms with Crippen molar-refractivity contribution in [3.63, 3.8) is 0 Å². The summed E-state index contributed by atoms with van der Waals surface area (Å²) in [5.74, 6) is -0.194. The maximum Gasteiger partial charge on any atom is 0.269 e. The lowest BCUT2D eigenvalue weighted by molar-refractivity contribution is 0.102. The number of rotatable bonds is 2. The number of aryl methyl sites for hydroxylation is 3. The third-order valence-corrected chi connectivity index (χ3v) is 3.05. The van der Waals surface area contributed by atoms with E-state index in [2.05, 4.69) is 25.1 Å². The Kier molecular flexibility index (Phi) is 2.69. The van der Waals surface area contributed by atoms with Crippen molar-refractivity contribution in [3.8, 4) is 0 Å².